The van der Waals surface area contributed by atoms with Crippen molar-refractivity contribution in [2.45, 2.75) is 38.7 Å². The molecule has 1 saturated heterocycles. The molecule has 1 heterocycles. The highest BCUT2D eigenvalue weighted by Gasteiger charge is 2.31. The molecule has 0 bridgehead atoms. The largest absolute Gasteiger partial charge is 0.340 e. The summed E-state index contributed by atoms with van der Waals surface area (Å²) in [7, 11) is 0. The summed E-state index contributed by atoms with van der Waals surface area (Å²) >= 11 is 0. The summed E-state index contributed by atoms with van der Waals surface area (Å²) in [4.78, 5) is 12.6. The first-order chi connectivity index (χ1) is 5.65. The number of carbonyl (C=O) groups is 1. The van der Waals surface area contributed by atoms with Crippen molar-refractivity contribution in [1.82, 2.24) is 4.90 Å². The van der Waals surface area contributed by atoms with Crippen molar-refractivity contribution in [2.24, 2.45) is 0 Å². The van der Waals surface area contributed by atoms with Gasteiger partial charge in [0, 0.05) is 25.4 Å². The lowest BCUT2D eigenvalue weighted by Gasteiger charge is -2.22. The van der Waals surface area contributed by atoms with Gasteiger partial charge in [-0.05, 0) is 13.3 Å². The summed E-state index contributed by atoms with van der Waals surface area (Å²) in [5, 5.41) is 0. The first kappa shape index (κ1) is 9.42. The SMILES string of the molecule is CCN1C(=O)CCC1CC(F)F. The van der Waals surface area contributed by atoms with Crippen molar-refractivity contribution >= 4 is 5.91 Å². The average Bonchev–Trinajstić information content (AvgIpc) is 2.30. The van der Waals surface area contributed by atoms with Crippen molar-refractivity contribution in [3.05, 3.63) is 0 Å². The fourth-order valence-electron chi connectivity index (χ4n) is 1.68. The van der Waals surface area contributed by atoms with Gasteiger partial charge in [-0.15, -0.1) is 0 Å². The maximum absolute atomic E-state index is 12.0. The fourth-order valence-corrected chi connectivity index (χ4v) is 1.68. The Morgan fingerprint density at radius 3 is 2.83 bits per heavy atom. The first-order valence-electron chi connectivity index (χ1n) is 4.22. The summed E-state index contributed by atoms with van der Waals surface area (Å²) < 4.78 is 24.0. The molecule has 1 rings (SSSR count). The maximum atomic E-state index is 12.0. The van der Waals surface area contributed by atoms with Crippen LogP contribution in [0.15, 0.2) is 0 Å². The molecule has 4 heteroatoms. The summed E-state index contributed by atoms with van der Waals surface area (Å²) in [5.41, 5.74) is 0. The maximum Gasteiger partial charge on any atom is 0.240 e. The number of hydrogen-bond acceptors (Lipinski definition) is 1. The molecule has 0 aromatic heterocycles. The Balaban J connectivity index is 2.48. The molecule has 12 heavy (non-hydrogen) atoms. The van der Waals surface area contributed by atoms with Crippen LogP contribution in [-0.4, -0.2) is 29.8 Å². The highest BCUT2D eigenvalue weighted by molar-refractivity contribution is 5.78. The zero-order chi connectivity index (χ0) is 9.14. The van der Waals surface area contributed by atoms with E-state index in [0.717, 1.165) is 0 Å². The number of amides is 1. The second kappa shape index (κ2) is 3.83. The van der Waals surface area contributed by atoms with Crippen molar-refractivity contribution < 1.29 is 13.6 Å². The summed E-state index contributed by atoms with van der Waals surface area (Å²) in [6, 6.07) is -0.220. The van der Waals surface area contributed by atoms with Gasteiger partial charge in [0.1, 0.15) is 0 Å². The van der Waals surface area contributed by atoms with Crippen LogP contribution in [0.3, 0.4) is 0 Å². The first-order valence-corrected chi connectivity index (χ1v) is 4.22. The number of alkyl halides is 2. The Morgan fingerprint density at radius 1 is 1.67 bits per heavy atom. The van der Waals surface area contributed by atoms with Crippen LogP contribution in [0.2, 0.25) is 0 Å². The van der Waals surface area contributed by atoms with E-state index < -0.39 is 6.43 Å². The Hall–Kier alpha value is -0.670. The van der Waals surface area contributed by atoms with Gasteiger partial charge >= 0.3 is 0 Å². The number of nitrogens with zero attached hydrogens (tertiary/aromatic N) is 1. The van der Waals surface area contributed by atoms with Gasteiger partial charge in [-0.1, -0.05) is 0 Å². The highest BCUT2D eigenvalue weighted by atomic mass is 19.3. The zero-order valence-electron chi connectivity index (χ0n) is 7.09. The van der Waals surface area contributed by atoms with Crippen molar-refractivity contribution in [2.75, 3.05) is 6.54 Å². The van der Waals surface area contributed by atoms with Crippen LogP contribution in [0.25, 0.3) is 0 Å². The van der Waals surface area contributed by atoms with E-state index in [1.165, 1.54) is 0 Å². The molecule has 0 N–H and O–H groups in total. The average molecular weight is 177 g/mol. The minimum Gasteiger partial charge on any atom is -0.340 e. The van der Waals surface area contributed by atoms with Crippen LogP contribution in [0.1, 0.15) is 26.2 Å². The molecule has 0 aliphatic carbocycles. The second-order valence-electron chi connectivity index (χ2n) is 3.00. The summed E-state index contributed by atoms with van der Waals surface area (Å²) in [6.07, 6.45) is -1.43. The van der Waals surface area contributed by atoms with Gasteiger partial charge in [0.05, 0.1) is 0 Å². The minimum atomic E-state index is -2.30. The van der Waals surface area contributed by atoms with Crippen LogP contribution in [0.4, 0.5) is 8.78 Å². The monoisotopic (exact) mass is 177 g/mol. The van der Waals surface area contributed by atoms with Crippen molar-refractivity contribution in [3.63, 3.8) is 0 Å². The molecule has 1 aliphatic rings. The van der Waals surface area contributed by atoms with Gasteiger partial charge in [0.15, 0.2) is 0 Å². The third-order valence-corrected chi connectivity index (χ3v) is 2.24. The molecule has 2 nitrogen and oxygen atoms in total. The smallest absolute Gasteiger partial charge is 0.240 e. The summed E-state index contributed by atoms with van der Waals surface area (Å²) in [5.74, 6) is 0.0168. The third-order valence-electron chi connectivity index (χ3n) is 2.24. The highest BCUT2D eigenvalue weighted by Crippen LogP contribution is 2.23. The van der Waals surface area contributed by atoms with Crippen LogP contribution < -0.4 is 0 Å². The van der Waals surface area contributed by atoms with Crippen LogP contribution in [0.5, 0.6) is 0 Å². The fraction of sp³-hybridized carbons (Fsp3) is 0.875. The van der Waals surface area contributed by atoms with E-state index in [1.54, 1.807) is 4.90 Å². The van der Waals surface area contributed by atoms with Gasteiger partial charge in [0.2, 0.25) is 12.3 Å². The van der Waals surface area contributed by atoms with E-state index in [4.69, 9.17) is 0 Å². The molecule has 1 aliphatic heterocycles. The zero-order valence-corrected chi connectivity index (χ0v) is 7.09. The number of hydrogen-bond donors (Lipinski definition) is 0. The Kier molecular flexibility index (Phi) is 3.00. The lowest BCUT2D eigenvalue weighted by molar-refractivity contribution is -0.129. The van der Waals surface area contributed by atoms with E-state index in [-0.39, 0.29) is 18.4 Å². The predicted molar refractivity (Wildman–Crippen MR) is 41.0 cm³/mol. The molecule has 0 aromatic rings. The van der Waals surface area contributed by atoms with Gasteiger partial charge in [-0.3, -0.25) is 4.79 Å². The second-order valence-corrected chi connectivity index (χ2v) is 3.00. The van der Waals surface area contributed by atoms with E-state index in [0.29, 0.717) is 19.4 Å². The van der Waals surface area contributed by atoms with Gasteiger partial charge < -0.3 is 4.90 Å². The van der Waals surface area contributed by atoms with Gasteiger partial charge in [-0.25, -0.2) is 8.78 Å². The van der Waals surface area contributed by atoms with E-state index in [1.807, 2.05) is 6.92 Å². The molecule has 1 unspecified atom stereocenters. The molecular formula is C8H13F2NO. The van der Waals surface area contributed by atoms with Crippen LogP contribution >= 0.6 is 0 Å². The lowest BCUT2D eigenvalue weighted by atomic mass is 10.1. The predicted octanol–water partition coefficient (Wildman–Crippen LogP) is 1.65. The molecule has 1 amide bonds. The Bertz CT molecular complexity index is 172. The van der Waals surface area contributed by atoms with E-state index >= 15 is 0 Å². The molecule has 0 aromatic carbocycles. The van der Waals surface area contributed by atoms with Gasteiger partial charge in [-0.2, -0.15) is 0 Å². The topological polar surface area (TPSA) is 20.3 Å². The van der Waals surface area contributed by atoms with Crippen molar-refractivity contribution in [3.8, 4) is 0 Å². The number of likely N-dealkylation sites (tertiary alicyclic amines) is 1. The third kappa shape index (κ3) is 1.93. The number of halogens is 2. The van der Waals surface area contributed by atoms with E-state index in [9.17, 15) is 13.6 Å². The molecule has 70 valence electrons. The van der Waals surface area contributed by atoms with Crippen LogP contribution in [0, 0.1) is 0 Å². The summed E-state index contributed by atoms with van der Waals surface area (Å²) in [6.45, 7) is 2.37. The normalized spacial score (nSPS) is 24.2. The minimum absolute atomic E-state index is 0.0168. The van der Waals surface area contributed by atoms with Crippen molar-refractivity contribution in [1.29, 1.82) is 0 Å². The molecule has 1 fully saturated rings. The number of carbonyl (C=O) groups excluding carboxylic acids is 1. The standard InChI is InChI=1S/C8H13F2NO/c1-2-11-6(5-7(9)10)3-4-8(11)12/h6-7H,2-5H2,1H3. The van der Waals surface area contributed by atoms with E-state index in [2.05, 4.69) is 0 Å². The molecule has 0 spiro atoms. The van der Waals surface area contributed by atoms with Gasteiger partial charge in [0.25, 0.3) is 0 Å². The molecule has 0 saturated carbocycles. The molecule has 0 radical (unpaired) electrons. The Morgan fingerprint density at radius 2 is 2.33 bits per heavy atom. The Labute approximate surface area is 70.5 Å². The number of rotatable bonds is 3. The molecular weight excluding hydrogens is 164 g/mol. The van der Waals surface area contributed by atoms with Crippen LogP contribution in [-0.2, 0) is 4.79 Å². The quantitative estimate of drug-likeness (QED) is 0.642. The molecule has 1 atom stereocenters. The lowest BCUT2D eigenvalue weighted by Crippen LogP contribution is -2.33.